The van der Waals surface area contributed by atoms with Crippen LogP contribution in [0.1, 0.15) is 12.0 Å². The first kappa shape index (κ1) is 10.4. The van der Waals surface area contributed by atoms with Crippen molar-refractivity contribution in [3.05, 3.63) is 29.8 Å². The van der Waals surface area contributed by atoms with Gasteiger partial charge in [-0.05, 0) is 30.5 Å². The maximum atomic E-state index is 10.2. The van der Waals surface area contributed by atoms with E-state index in [2.05, 4.69) is 4.74 Å². The monoisotopic (exact) mass is 195 g/mol. The van der Waals surface area contributed by atoms with Gasteiger partial charge in [0.2, 0.25) is 0 Å². The van der Waals surface area contributed by atoms with Crippen LogP contribution in [-0.4, -0.2) is 17.8 Å². The lowest BCUT2D eigenvalue weighted by Gasteiger charge is -2.02. The Morgan fingerprint density at radius 3 is 2.57 bits per heavy atom. The third-order valence-corrected chi connectivity index (χ3v) is 1.79. The maximum absolute atomic E-state index is 10.2. The number of carbonyl (C=O) groups excluding carboxylic acids is 1. The lowest BCUT2D eigenvalue weighted by Crippen LogP contribution is -2.13. The Labute approximate surface area is 82.3 Å². The van der Waals surface area contributed by atoms with Gasteiger partial charge in [0, 0.05) is 0 Å². The summed E-state index contributed by atoms with van der Waals surface area (Å²) in [6, 6.07) is 6.92. The van der Waals surface area contributed by atoms with Gasteiger partial charge in [-0.25, -0.2) is 4.79 Å². The fourth-order valence-electron chi connectivity index (χ4n) is 1.11. The SMILES string of the molecule is NC(=O)OCCCc1ccc(O)cc1. The van der Waals surface area contributed by atoms with Crippen LogP contribution in [0.25, 0.3) is 0 Å². The first-order valence-electron chi connectivity index (χ1n) is 4.38. The fraction of sp³-hybridized carbons (Fsp3) is 0.300. The van der Waals surface area contributed by atoms with E-state index in [0.29, 0.717) is 6.61 Å². The van der Waals surface area contributed by atoms with Crippen LogP contribution in [0.4, 0.5) is 4.79 Å². The largest absolute Gasteiger partial charge is 0.508 e. The zero-order chi connectivity index (χ0) is 10.4. The normalized spacial score (nSPS) is 9.71. The van der Waals surface area contributed by atoms with Crippen LogP contribution in [0.3, 0.4) is 0 Å². The van der Waals surface area contributed by atoms with E-state index >= 15 is 0 Å². The summed E-state index contributed by atoms with van der Waals surface area (Å²) in [5, 5.41) is 9.02. The van der Waals surface area contributed by atoms with E-state index in [1.807, 2.05) is 12.1 Å². The lowest BCUT2D eigenvalue weighted by atomic mass is 10.1. The van der Waals surface area contributed by atoms with Crippen molar-refractivity contribution >= 4 is 6.09 Å². The van der Waals surface area contributed by atoms with Gasteiger partial charge in [0.1, 0.15) is 5.75 Å². The van der Waals surface area contributed by atoms with Crippen molar-refractivity contribution in [2.24, 2.45) is 5.73 Å². The molecular weight excluding hydrogens is 182 g/mol. The van der Waals surface area contributed by atoms with E-state index in [-0.39, 0.29) is 5.75 Å². The quantitative estimate of drug-likeness (QED) is 0.713. The zero-order valence-corrected chi connectivity index (χ0v) is 7.77. The number of primary amides is 1. The van der Waals surface area contributed by atoms with Gasteiger partial charge in [-0.15, -0.1) is 0 Å². The summed E-state index contributed by atoms with van der Waals surface area (Å²) in [7, 11) is 0. The van der Waals surface area contributed by atoms with Gasteiger partial charge in [0.15, 0.2) is 0 Å². The zero-order valence-electron chi connectivity index (χ0n) is 7.77. The molecule has 0 spiro atoms. The van der Waals surface area contributed by atoms with E-state index in [1.165, 1.54) is 0 Å². The van der Waals surface area contributed by atoms with Gasteiger partial charge in [-0.3, -0.25) is 0 Å². The molecule has 1 amide bonds. The van der Waals surface area contributed by atoms with Crippen LogP contribution in [0, 0.1) is 0 Å². The van der Waals surface area contributed by atoms with Crippen molar-refractivity contribution in [3.8, 4) is 5.75 Å². The number of rotatable bonds is 4. The molecule has 1 aromatic carbocycles. The highest BCUT2D eigenvalue weighted by Crippen LogP contribution is 2.10. The molecule has 0 aliphatic rings. The summed E-state index contributed by atoms with van der Waals surface area (Å²) >= 11 is 0. The van der Waals surface area contributed by atoms with Gasteiger partial charge in [0.25, 0.3) is 0 Å². The minimum absolute atomic E-state index is 0.252. The Morgan fingerprint density at radius 2 is 2.00 bits per heavy atom. The summed E-state index contributed by atoms with van der Waals surface area (Å²) in [6.07, 6.45) is 0.789. The highest BCUT2D eigenvalue weighted by Gasteiger charge is 1.96. The summed E-state index contributed by atoms with van der Waals surface area (Å²) in [6.45, 7) is 0.330. The highest BCUT2D eigenvalue weighted by atomic mass is 16.5. The molecule has 4 nitrogen and oxygen atoms in total. The predicted octanol–water partition coefficient (Wildman–Crippen LogP) is 1.42. The van der Waals surface area contributed by atoms with Crippen LogP contribution in [-0.2, 0) is 11.2 Å². The number of aryl methyl sites for hydroxylation is 1. The molecule has 0 radical (unpaired) electrons. The summed E-state index contributed by atoms with van der Waals surface area (Å²) in [5.74, 6) is 0.252. The minimum atomic E-state index is -0.740. The number of hydrogen-bond acceptors (Lipinski definition) is 3. The molecule has 3 N–H and O–H groups in total. The average Bonchev–Trinajstić information content (AvgIpc) is 2.15. The average molecular weight is 195 g/mol. The van der Waals surface area contributed by atoms with Crippen molar-refractivity contribution in [2.45, 2.75) is 12.8 Å². The summed E-state index contributed by atoms with van der Waals surface area (Å²) < 4.78 is 4.58. The second-order valence-electron chi connectivity index (χ2n) is 2.94. The number of phenolic OH excluding ortho intramolecular Hbond substituents is 1. The molecule has 4 heteroatoms. The van der Waals surface area contributed by atoms with Crippen molar-refractivity contribution in [1.29, 1.82) is 0 Å². The molecule has 0 aromatic heterocycles. The molecule has 0 aliphatic carbocycles. The van der Waals surface area contributed by atoms with Gasteiger partial charge in [-0.1, -0.05) is 12.1 Å². The molecule has 1 rings (SSSR count). The number of carbonyl (C=O) groups is 1. The molecule has 0 heterocycles. The van der Waals surface area contributed by atoms with Crippen LogP contribution in [0.5, 0.6) is 5.75 Å². The Hall–Kier alpha value is -1.71. The number of nitrogens with two attached hydrogens (primary N) is 1. The molecule has 14 heavy (non-hydrogen) atoms. The van der Waals surface area contributed by atoms with Crippen LogP contribution in [0.2, 0.25) is 0 Å². The lowest BCUT2D eigenvalue weighted by molar-refractivity contribution is 0.155. The predicted molar refractivity (Wildman–Crippen MR) is 52.0 cm³/mol. The van der Waals surface area contributed by atoms with Crippen LogP contribution in [0.15, 0.2) is 24.3 Å². The van der Waals surface area contributed by atoms with E-state index in [0.717, 1.165) is 18.4 Å². The summed E-state index contributed by atoms with van der Waals surface area (Å²) in [4.78, 5) is 10.2. The molecule has 0 aliphatic heterocycles. The van der Waals surface area contributed by atoms with E-state index < -0.39 is 6.09 Å². The minimum Gasteiger partial charge on any atom is -0.508 e. The Bertz CT molecular complexity index is 295. The van der Waals surface area contributed by atoms with Crippen LogP contribution >= 0.6 is 0 Å². The highest BCUT2D eigenvalue weighted by molar-refractivity contribution is 5.64. The standard InChI is InChI=1S/C10H13NO3/c11-10(13)14-7-1-2-8-3-5-9(12)6-4-8/h3-6,12H,1-2,7H2,(H2,11,13). The Balaban J connectivity index is 2.25. The van der Waals surface area contributed by atoms with Gasteiger partial charge in [0.05, 0.1) is 6.61 Å². The molecule has 0 saturated heterocycles. The van der Waals surface area contributed by atoms with E-state index in [1.54, 1.807) is 12.1 Å². The molecule has 1 aromatic rings. The van der Waals surface area contributed by atoms with E-state index in [9.17, 15) is 4.79 Å². The molecule has 0 saturated carbocycles. The smallest absolute Gasteiger partial charge is 0.404 e. The fourth-order valence-corrected chi connectivity index (χ4v) is 1.11. The Kier molecular flexibility index (Phi) is 3.79. The molecular formula is C10H13NO3. The molecule has 0 fully saturated rings. The van der Waals surface area contributed by atoms with E-state index in [4.69, 9.17) is 10.8 Å². The number of ether oxygens (including phenoxy) is 1. The van der Waals surface area contributed by atoms with Crippen molar-refractivity contribution in [3.63, 3.8) is 0 Å². The number of amides is 1. The second-order valence-corrected chi connectivity index (χ2v) is 2.94. The first-order chi connectivity index (χ1) is 6.68. The summed E-state index contributed by atoms with van der Waals surface area (Å²) in [5.41, 5.74) is 5.89. The topological polar surface area (TPSA) is 72.6 Å². The molecule has 0 atom stereocenters. The third kappa shape index (κ3) is 3.80. The van der Waals surface area contributed by atoms with Gasteiger partial charge < -0.3 is 15.6 Å². The van der Waals surface area contributed by atoms with Crippen molar-refractivity contribution in [2.75, 3.05) is 6.61 Å². The number of phenols is 1. The van der Waals surface area contributed by atoms with Crippen molar-refractivity contribution in [1.82, 2.24) is 0 Å². The van der Waals surface area contributed by atoms with Gasteiger partial charge in [-0.2, -0.15) is 0 Å². The Morgan fingerprint density at radius 1 is 1.36 bits per heavy atom. The number of aromatic hydroxyl groups is 1. The second kappa shape index (κ2) is 5.11. The third-order valence-electron chi connectivity index (χ3n) is 1.79. The van der Waals surface area contributed by atoms with Crippen LogP contribution < -0.4 is 5.73 Å². The van der Waals surface area contributed by atoms with Gasteiger partial charge >= 0.3 is 6.09 Å². The van der Waals surface area contributed by atoms with Crippen molar-refractivity contribution < 1.29 is 14.6 Å². The molecule has 0 bridgehead atoms. The first-order valence-corrected chi connectivity index (χ1v) is 4.38. The maximum Gasteiger partial charge on any atom is 0.404 e. The molecule has 0 unspecified atom stereocenters. The number of hydrogen-bond donors (Lipinski definition) is 2. The molecule has 76 valence electrons. The number of benzene rings is 1.